The third-order valence-corrected chi connectivity index (χ3v) is 2.70. The van der Waals surface area contributed by atoms with Crippen LogP contribution in [0.1, 0.15) is 39.0 Å². The average molecular weight is 415 g/mol. The van der Waals surface area contributed by atoms with Crippen LogP contribution in [0.25, 0.3) is 0 Å². The van der Waals surface area contributed by atoms with Crippen LogP contribution in [-0.2, 0) is 14.3 Å². The maximum atomic E-state index is 10.9. The maximum absolute atomic E-state index is 10.9. The molecule has 2 N–H and O–H groups in total. The molecule has 0 radical (unpaired) electrons. The summed E-state index contributed by atoms with van der Waals surface area (Å²) in [6, 6.07) is 0. The highest BCUT2D eigenvalue weighted by Crippen LogP contribution is 1.99. The lowest BCUT2D eigenvalue weighted by atomic mass is 10.2. The average Bonchev–Trinajstić information content (AvgIpc) is 2.46. The van der Waals surface area contributed by atoms with Gasteiger partial charge in [-0.1, -0.05) is 6.42 Å². The Kier molecular flexibility index (Phi) is 18.9. The number of halogens is 1. The van der Waals surface area contributed by atoms with Crippen LogP contribution in [0.15, 0.2) is 4.99 Å². The van der Waals surface area contributed by atoms with Crippen LogP contribution in [0.4, 0.5) is 0 Å². The first-order valence-corrected chi connectivity index (χ1v) is 7.32. The molecule has 0 heterocycles. The highest BCUT2D eigenvalue weighted by molar-refractivity contribution is 14.0. The van der Waals surface area contributed by atoms with Crippen LogP contribution in [0.2, 0.25) is 0 Å². The van der Waals surface area contributed by atoms with Crippen LogP contribution in [0.5, 0.6) is 0 Å². The lowest BCUT2D eigenvalue weighted by molar-refractivity contribution is -0.140. The topological polar surface area (TPSA) is 72.0 Å². The number of rotatable bonds is 11. The molecule has 0 aromatic rings. The van der Waals surface area contributed by atoms with Crippen molar-refractivity contribution >= 4 is 35.9 Å². The number of hydrogen-bond acceptors (Lipinski definition) is 4. The highest BCUT2D eigenvalue weighted by atomic mass is 127. The Bertz CT molecular complexity index is 276. The third-order valence-electron chi connectivity index (χ3n) is 2.70. The molecule has 0 saturated heterocycles. The van der Waals surface area contributed by atoms with Crippen LogP contribution in [0, 0.1) is 0 Å². The first-order valence-electron chi connectivity index (χ1n) is 7.32. The molecule has 0 fully saturated rings. The van der Waals surface area contributed by atoms with Crippen LogP contribution < -0.4 is 10.6 Å². The molecule has 7 heteroatoms. The van der Waals surface area contributed by atoms with E-state index in [9.17, 15) is 4.79 Å². The molecule has 6 nitrogen and oxygen atoms in total. The van der Waals surface area contributed by atoms with Gasteiger partial charge in [0.25, 0.3) is 0 Å². The number of unbranched alkanes of at least 4 members (excludes halogenated alkanes) is 2. The summed E-state index contributed by atoms with van der Waals surface area (Å²) < 4.78 is 9.59. The number of methoxy groups -OCH3 is 2. The van der Waals surface area contributed by atoms with E-state index in [4.69, 9.17) is 4.74 Å². The SMILES string of the molecule is CCNC(=NCCCOC)NCCCCCC(=O)OC.I. The number of aliphatic imine (C=N–C) groups is 1. The van der Waals surface area contributed by atoms with Gasteiger partial charge in [-0.3, -0.25) is 9.79 Å². The lowest BCUT2D eigenvalue weighted by Crippen LogP contribution is -2.37. The molecular weight excluding hydrogens is 385 g/mol. The molecule has 0 aliphatic carbocycles. The summed E-state index contributed by atoms with van der Waals surface area (Å²) in [6.45, 7) is 5.24. The van der Waals surface area contributed by atoms with Crippen LogP contribution in [-0.4, -0.2) is 52.4 Å². The minimum absolute atomic E-state index is 0. The Labute approximate surface area is 145 Å². The van der Waals surface area contributed by atoms with E-state index in [2.05, 4.69) is 20.4 Å². The largest absolute Gasteiger partial charge is 0.469 e. The number of carbonyl (C=O) groups excluding carboxylic acids is 1. The molecule has 0 atom stereocenters. The molecule has 0 spiro atoms. The summed E-state index contributed by atoms with van der Waals surface area (Å²) in [5, 5.41) is 6.48. The first kappa shape index (κ1) is 22.7. The zero-order valence-electron chi connectivity index (χ0n) is 13.4. The number of carbonyl (C=O) groups is 1. The van der Waals surface area contributed by atoms with Crippen molar-refractivity contribution in [2.75, 3.05) is 40.5 Å². The van der Waals surface area contributed by atoms with Crippen molar-refractivity contribution in [3.05, 3.63) is 0 Å². The van der Waals surface area contributed by atoms with Gasteiger partial charge in [-0.05, 0) is 26.2 Å². The van der Waals surface area contributed by atoms with Crippen molar-refractivity contribution in [2.45, 2.75) is 39.0 Å². The third kappa shape index (κ3) is 15.6. The van der Waals surface area contributed by atoms with Crippen LogP contribution >= 0.6 is 24.0 Å². The number of guanidine groups is 1. The Balaban J connectivity index is 0. The predicted octanol–water partition coefficient (Wildman–Crippen LogP) is 1.93. The van der Waals surface area contributed by atoms with Gasteiger partial charge in [0.1, 0.15) is 0 Å². The van der Waals surface area contributed by atoms with Crippen molar-refractivity contribution in [3.8, 4) is 0 Å². The van der Waals surface area contributed by atoms with Gasteiger partial charge in [-0.25, -0.2) is 0 Å². The standard InChI is InChI=1S/C14H29N3O3.HI/c1-4-15-14(17-11-8-12-19-2)16-10-7-5-6-9-13(18)20-3;/h4-12H2,1-3H3,(H2,15,16,17);1H. The van der Waals surface area contributed by atoms with E-state index in [1.807, 2.05) is 6.92 Å². The van der Waals surface area contributed by atoms with E-state index < -0.39 is 0 Å². The second-order valence-electron chi connectivity index (χ2n) is 4.42. The predicted molar refractivity (Wildman–Crippen MR) is 96.4 cm³/mol. The molecule has 0 rings (SSSR count). The molecule has 0 aliphatic rings. The first-order chi connectivity index (χ1) is 9.74. The minimum Gasteiger partial charge on any atom is -0.469 e. The van der Waals surface area contributed by atoms with Gasteiger partial charge in [-0.2, -0.15) is 0 Å². The maximum Gasteiger partial charge on any atom is 0.305 e. The Morgan fingerprint density at radius 1 is 1.10 bits per heavy atom. The number of hydrogen-bond donors (Lipinski definition) is 2. The summed E-state index contributed by atoms with van der Waals surface area (Å²) in [5.74, 6) is 0.711. The molecule has 0 aromatic carbocycles. The summed E-state index contributed by atoms with van der Waals surface area (Å²) in [5.41, 5.74) is 0. The lowest BCUT2D eigenvalue weighted by Gasteiger charge is -2.11. The summed E-state index contributed by atoms with van der Waals surface area (Å²) in [7, 11) is 3.12. The van der Waals surface area contributed by atoms with E-state index in [0.717, 1.165) is 57.9 Å². The molecule has 0 aromatic heterocycles. The van der Waals surface area contributed by atoms with Gasteiger partial charge in [0.2, 0.25) is 0 Å². The highest BCUT2D eigenvalue weighted by Gasteiger charge is 2.00. The van der Waals surface area contributed by atoms with E-state index in [1.165, 1.54) is 7.11 Å². The van der Waals surface area contributed by atoms with Gasteiger partial charge in [0, 0.05) is 39.8 Å². The summed E-state index contributed by atoms with van der Waals surface area (Å²) >= 11 is 0. The van der Waals surface area contributed by atoms with Gasteiger partial charge in [-0.15, -0.1) is 24.0 Å². The zero-order valence-corrected chi connectivity index (χ0v) is 15.8. The fraction of sp³-hybridized carbons (Fsp3) is 0.857. The molecular formula is C14H30IN3O3. The number of nitrogens with one attached hydrogen (secondary N) is 2. The smallest absolute Gasteiger partial charge is 0.305 e. The number of nitrogens with zero attached hydrogens (tertiary/aromatic N) is 1. The second-order valence-corrected chi connectivity index (χ2v) is 4.42. The number of esters is 1. The van der Waals surface area contributed by atoms with Gasteiger partial charge in [0.15, 0.2) is 5.96 Å². The Hall–Kier alpha value is -0.570. The number of ether oxygens (including phenoxy) is 2. The Morgan fingerprint density at radius 3 is 2.48 bits per heavy atom. The van der Waals surface area contributed by atoms with Crippen molar-refractivity contribution in [3.63, 3.8) is 0 Å². The van der Waals surface area contributed by atoms with Gasteiger partial charge >= 0.3 is 5.97 Å². The molecule has 0 unspecified atom stereocenters. The summed E-state index contributed by atoms with van der Waals surface area (Å²) in [4.78, 5) is 15.4. The van der Waals surface area contributed by atoms with Crippen molar-refractivity contribution in [2.24, 2.45) is 4.99 Å². The fourth-order valence-corrected chi connectivity index (χ4v) is 1.62. The molecule has 0 saturated carbocycles. The Morgan fingerprint density at radius 2 is 1.86 bits per heavy atom. The van der Waals surface area contributed by atoms with Crippen molar-refractivity contribution in [1.82, 2.24) is 10.6 Å². The summed E-state index contributed by atoms with van der Waals surface area (Å²) in [6.07, 6.45) is 4.31. The van der Waals surface area contributed by atoms with E-state index in [-0.39, 0.29) is 29.9 Å². The molecule has 21 heavy (non-hydrogen) atoms. The van der Waals surface area contributed by atoms with Crippen molar-refractivity contribution < 1.29 is 14.3 Å². The normalized spacial score (nSPS) is 10.7. The molecule has 126 valence electrons. The van der Waals surface area contributed by atoms with E-state index in [0.29, 0.717) is 6.42 Å². The van der Waals surface area contributed by atoms with E-state index >= 15 is 0 Å². The molecule has 0 amide bonds. The van der Waals surface area contributed by atoms with Gasteiger partial charge in [0.05, 0.1) is 7.11 Å². The quantitative estimate of drug-likeness (QED) is 0.177. The zero-order chi connectivity index (χ0) is 15.1. The minimum atomic E-state index is -0.133. The van der Waals surface area contributed by atoms with Crippen LogP contribution in [0.3, 0.4) is 0 Å². The van der Waals surface area contributed by atoms with E-state index in [1.54, 1.807) is 7.11 Å². The molecule has 0 bridgehead atoms. The second kappa shape index (κ2) is 17.5. The monoisotopic (exact) mass is 415 g/mol. The van der Waals surface area contributed by atoms with Crippen molar-refractivity contribution in [1.29, 1.82) is 0 Å². The van der Waals surface area contributed by atoms with Gasteiger partial charge < -0.3 is 20.1 Å². The molecule has 0 aliphatic heterocycles. The fourth-order valence-electron chi connectivity index (χ4n) is 1.62.